The molecule has 3 rings (SSSR count). The fraction of sp³-hybridized carbons (Fsp3) is 0.559. The maximum atomic E-state index is 13.6. The monoisotopic (exact) mass is 722 g/mol. The summed E-state index contributed by atoms with van der Waals surface area (Å²) in [7, 11) is 0. The fourth-order valence-corrected chi connectivity index (χ4v) is 10.0. The van der Waals surface area contributed by atoms with E-state index >= 15 is 0 Å². The summed E-state index contributed by atoms with van der Waals surface area (Å²) in [5.74, 6) is 0.240. The van der Waals surface area contributed by atoms with Gasteiger partial charge in [0, 0.05) is 0 Å². The molecule has 1 aliphatic heterocycles. The normalized spacial score (nSPS) is 18.4. The van der Waals surface area contributed by atoms with E-state index in [0.717, 1.165) is 24.0 Å². The zero-order chi connectivity index (χ0) is 32.1. The number of halogens is 1. The van der Waals surface area contributed by atoms with Crippen molar-refractivity contribution >= 4 is 35.7 Å². The van der Waals surface area contributed by atoms with Crippen LogP contribution < -0.4 is 19.9 Å². The second kappa shape index (κ2) is 17.9. The van der Waals surface area contributed by atoms with Crippen LogP contribution in [0, 0.1) is 11.8 Å². The molecule has 2 amide bonds. The Balaban J connectivity index is 1.57. The van der Waals surface area contributed by atoms with E-state index in [0.29, 0.717) is 29.8 Å². The van der Waals surface area contributed by atoms with Crippen molar-refractivity contribution in [3.8, 4) is 0 Å². The molecule has 2 aromatic carbocycles. The minimum atomic E-state index is -2.51. The number of alkyl halides is 1. The van der Waals surface area contributed by atoms with Crippen LogP contribution in [0.5, 0.6) is 0 Å². The standard InChI is InChI=1S/C34H51IN4O5/c1-24(2)18-28(38-31(40)29(36)17-16-26-12-8-6-9-13-26)21-43-23-37-30(19-27-14-10-7-11-15-27)32(41)39-35(20-25(3)4)33(42)34(5)22-44-34/h6-15,24-25,28-30,37H,16-23,36H2,1-5H3,(H,38,40)(H,39,41)/t28-,29-,30-,34?/m0/s1. The SMILES string of the molecule is CC(C)C[C@@H](COCN[C@@H](Cc1ccccc1)C(=O)NI(CC(C)C)C(=O)C1(C)CO1)NC(=O)[C@@H](N)CCc1ccccc1. The van der Waals surface area contributed by atoms with Gasteiger partial charge in [-0.15, -0.1) is 0 Å². The zero-order valence-electron chi connectivity index (χ0n) is 26.8. The van der Waals surface area contributed by atoms with Crippen LogP contribution in [0.2, 0.25) is 0 Å². The molecule has 5 N–H and O–H groups in total. The first-order valence-electron chi connectivity index (χ1n) is 15.6. The maximum absolute atomic E-state index is 13.6. The molecule has 0 spiro atoms. The third kappa shape index (κ3) is 12.5. The van der Waals surface area contributed by atoms with Crippen molar-refractivity contribution in [2.75, 3.05) is 24.4 Å². The first-order valence-corrected chi connectivity index (χ1v) is 19.2. The molecule has 1 unspecified atom stereocenters. The Bertz CT molecular complexity index is 1180. The van der Waals surface area contributed by atoms with Crippen LogP contribution >= 0.6 is 20.1 Å². The molecule has 9 nitrogen and oxygen atoms in total. The van der Waals surface area contributed by atoms with Gasteiger partial charge in [-0.05, 0) is 12.0 Å². The third-order valence-corrected chi connectivity index (χ3v) is 13.4. The second-order valence-electron chi connectivity index (χ2n) is 12.6. The minimum Gasteiger partial charge on any atom is -0.0622 e. The molecule has 1 saturated heterocycles. The molecule has 0 aromatic heterocycles. The molecule has 0 saturated carbocycles. The summed E-state index contributed by atoms with van der Waals surface area (Å²) in [5, 5.41) is 6.33. The van der Waals surface area contributed by atoms with Crippen molar-refractivity contribution in [3.05, 3.63) is 71.8 Å². The number of amides is 2. The topological polar surface area (TPSA) is 135 Å². The number of nitrogens with two attached hydrogens (primary N) is 1. The van der Waals surface area contributed by atoms with E-state index in [4.69, 9.17) is 15.2 Å². The Hall–Kier alpha value is -2.38. The number of nitrogens with one attached hydrogen (secondary N) is 3. The van der Waals surface area contributed by atoms with Gasteiger partial charge in [0.25, 0.3) is 0 Å². The number of hydrogen-bond donors (Lipinski definition) is 4. The van der Waals surface area contributed by atoms with Gasteiger partial charge in [0.15, 0.2) is 0 Å². The molecule has 0 aliphatic carbocycles. The first kappa shape index (κ1) is 36.1. The van der Waals surface area contributed by atoms with Gasteiger partial charge in [-0.1, -0.05) is 30.3 Å². The third-order valence-electron chi connectivity index (χ3n) is 7.25. The Kier molecular flexibility index (Phi) is 14.7. The first-order chi connectivity index (χ1) is 21.0. The van der Waals surface area contributed by atoms with Gasteiger partial charge in [0.05, 0.1) is 0 Å². The van der Waals surface area contributed by atoms with Gasteiger partial charge in [0.1, 0.15) is 0 Å². The molecule has 1 fully saturated rings. The summed E-state index contributed by atoms with van der Waals surface area (Å²) in [6.07, 6.45) is 2.47. The predicted molar refractivity (Wildman–Crippen MR) is 183 cm³/mol. The summed E-state index contributed by atoms with van der Waals surface area (Å²) in [6, 6.07) is 18.4. The molecular weight excluding hydrogens is 671 g/mol. The van der Waals surface area contributed by atoms with Crippen molar-refractivity contribution in [1.29, 1.82) is 0 Å². The van der Waals surface area contributed by atoms with Gasteiger partial charge in [0.2, 0.25) is 0 Å². The molecule has 244 valence electrons. The van der Waals surface area contributed by atoms with E-state index in [2.05, 4.69) is 41.9 Å². The summed E-state index contributed by atoms with van der Waals surface area (Å²) < 4.78 is 15.3. The van der Waals surface area contributed by atoms with Crippen LogP contribution in [-0.2, 0) is 36.7 Å². The van der Waals surface area contributed by atoms with Crippen molar-refractivity contribution < 1.29 is 23.9 Å². The van der Waals surface area contributed by atoms with Gasteiger partial charge in [-0.2, -0.15) is 0 Å². The van der Waals surface area contributed by atoms with E-state index in [9.17, 15) is 14.4 Å². The molecule has 1 aliphatic rings. The van der Waals surface area contributed by atoms with Crippen LogP contribution in [0.15, 0.2) is 60.7 Å². The molecule has 44 heavy (non-hydrogen) atoms. The average molecular weight is 723 g/mol. The molecule has 4 atom stereocenters. The number of epoxide rings is 1. The van der Waals surface area contributed by atoms with Crippen molar-refractivity contribution in [2.24, 2.45) is 17.6 Å². The number of hydrogen-bond acceptors (Lipinski definition) is 7. The Labute approximate surface area is 270 Å². The summed E-state index contributed by atoms with van der Waals surface area (Å²) in [6.45, 7) is 10.9. The van der Waals surface area contributed by atoms with Gasteiger partial charge < -0.3 is 0 Å². The van der Waals surface area contributed by atoms with Crippen molar-refractivity contribution in [2.45, 2.75) is 84.0 Å². The predicted octanol–water partition coefficient (Wildman–Crippen LogP) is 4.16. The smallest absolute Gasteiger partial charge is 0.0622 e. The number of benzene rings is 2. The van der Waals surface area contributed by atoms with Gasteiger partial charge in [-0.3, -0.25) is 0 Å². The molecule has 10 heteroatoms. The van der Waals surface area contributed by atoms with E-state index in [1.54, 1.807) is 0 Å². The molecule has 0 bridgehead atoms. The van der Waals surface area contributed by atoms with Crippen LogP contribution in [0.1, 0.15) is 58.6 Å². The van der Waals surface area contributed by atoms with Crippen LogP contribution in [0.25, 0.3) is 0 Å². The fourth-order valence-electron chi connectivity index (χ4n) is 4.71. The Morgan fingerprint density at radius 1 is 0.955 bits per heavy atom. The average Bonchev–Trinajstić information content (AvgIpc) is 3.75. The van der Waals surface area contributed by atoms with Crippen molar-refractivity contribution in [3.63, 3.8) is 0 Å². The van der Waals surface area contributed by atoms with E-state index in [1.807, 2.05) is 67.6 Å². The number of rotatable bonds is 20. The van der Waals surface area contributed by atoms with Crippen LogP contribution in [0.3, 0.4) is 0 Å². The number of aryl methyl sites for hydroxylation is 1. The summed E-state index contributed by atoms with van der Waals surface area (Å²) in [5.41, 5.74) is 7.63. The summed E-state index contributed by atoms with van der Waals surface area (Å²) in [4.78, 5) is 39.7. The molecular formula is C34H51IN4O5. The van der Waals surface area contributed by atoms with E-state index in [1.165, 1.54) is 0 Å². The van der Waals surface area contributed by atoms with E-state index < -0.39 is 37.8 Å². The summed E-state index contributed by atoms with van der Waals surface area (Å²) >= 11 is -2.51. The molecule has 1 heterocycles. The number of carbonyl (C=O) groups excluding carboxylic acids is 3. The second-order valence-corrected chi connectivity index (χ2v) is 17.1. The number of ether oxygens (including phenoxy) is 2. The minimum absolute atomic E-state index is 0.0627. The zero-order valence-corrected chi connectivity index (χ0v) is 29.0. The van der Waals surface area contributed by atoms with Crippen LogP contribution in [-0.4, -0.2) is 63.7 Å². The molecule has 2 aromatic rings. The van der Waals surface area contributed by atoms with E-state index in [-0.39, 0.29) is 40.9 Å². The van der Waals surface area contributed by atoms with Crippen molar-refractivity contribution in [1.82, 2.24) is 14.2 Å². The Morgan fingerprint density at radius 3 is 2.14 bits per heavy atom. The molecule has 0 radical (unpaired) electrons. The Morgan fingerprint density at radius 2 is 1.57 bits per heavy atom. The number of carbonyl (C=O) groups is 3. The van der Waals surface area contributed by atoms with Crippen LogP contribution in [0.4, 0.5) is 0 Å². The van der Waals surface area contributed by atoms with Gasteiger partial charge >= 0.3 is 229 Å². The van der Waals surface area contributed by atoms with Gasteiger partial charge in [-0.25, -0.2) is 0 Å². The quantitative estimate of drug-likeness (QED) is 0.0307.